The topological polar surface area (TPSA) is 89.5 Å². The summed E-state index contributed by atoms with van der Waals surface area (Å²) < 4.78 is 28.0. The van der Waals surface area contributed by atoms with E-state index in [-0.39, 0.29) is 29.9 Å². The number of esters is 1. The van der Waals surface area contributed by atoms with Crippen LogP contribution < -0.4 is 5.32 Å². The molecule has 2 aromatic rings. The lowest BCUT2D eigenvalue weighted by atomic mass is 9.99. The maximum atomic E-state index is 12.4. The Hall–Kier alpha value is -2.67. The molecule has 0 unspecified atom stereocenters. The van der Waals surface area contributed by atoms with Gasteiger partial charge in [-0.3, -0.25) is 9.59 Å². The van der Waals surface area contributed by atoms with E-state index in [0.717, 1.165) is 11.1 Å². The van der Waals surface area contributed by atoms with Crippen LogP contribution in [0.4, 0.5) is 0 Å². The molecule has 1 saturated heterocycles. The lowest BCUT2D eigenvalue weighted by Crippen LogP contribution is -2.33. The van der Waals surface area contributed by atoms with Gasteiger partial charge in [0.1, 0.15) is 0 Å². The van der Waals surface area contributed by atoms with E-state index in [2.05, 4.69) is 5.32 Å². The summed E-state index contributed by atoms with van der Waals surface area (Å²) in [5.41, 5.74) is 1.84. The molecule has 1 aliphatic heterocycles. The fourth-order valence-corrected chi connectivity index (χ4v) is 5.19. The SMILES string of the molecule is O=C(COC(=O)C[C@H]1CCS(=O)(=O)C1)NC(c1ccccc1)c1ccccc1. The Balaban J connectivity index is 1.56. The number of ether oxygens (including phenoxy) is 1. The number of carbonyl (C=O) groups excluding carboxylic acids is 2. The molecule has 0 spiro atoms. The summed E-state index contributed by atoms with van der Waals surface area (Å²) in [5.74, 6) is -1.06. The van der Waals surface area contributed by atoms with Crippen LogP contribution in [-0.4, -0.2) is 38.4 Å². The Kier molecular flexibility index (Phi) is 6.46. The van der Waals surface area contributed by atoms with Crippen LogP contribution in [0.3, 0.4) is 0 Å². The molecule has 3 rings (SSSR count). The molecule has 1 heterocycles. The molecule has 1 fully saturated rings. The summed E-state index contributed by atoms with van der Waals surface area (Å²) >= 11 is 0. The van der Waals surface area contributed by atoms with Crippen molar-refractivity contribution in [2.24, 2.45) is 5.92 Å². The van der Waals surface area contributed by atoms with Crippen LogP contribution in [0.15, 0.2) is 60.7 Å². The van der Waals surface area contributed by atoms with Crippen LogP contribution in [0.5, 0.6) is 0 Å². The second kappa shape index (κ2) is 9.01. The highest BCUT2D eigenvalue weighted by atomic mass is 32.2. The van der Waals surface area contributed by atoms with Crippen molar-refractivity contribution in [1.82, 2.24) is 5.32 Å². The number of sulfone groups is 1. The van der Waals surface area contributed by atoms with Crippen LogP contribution in [0.25, 0.3) is 0 Å². The Morgan fingerprint density at radius 3 is 2.07 bits per heavy atom. The van der Waals surface area contributed by atoms with Gasteiger partial charge in [0.25, 0.3) is 5.91 Å². The van der Waals surface area contributed by atoms with E-state index in [9.17, 15) is 18.0 Å². The molecule has 6 nitrogen and oxygen atoms in total. The average Bonchev–Trinajstić information content (AvgIpc) is 3.04. The zero-order valence-corrected chi connectivity index (χ0v) is 16.2. The molecule has 0 radical (unpaired) electrons. The Bertz CT molecular complexity index is 873. The second-order valence-corrected chi connectivity index (χ2v) is 9.18. The van der Waals surface area contributed by atoms with E-state index in [1.165, 1.54) is 0 Å². The van der Waals surface area contributed by atoms with Crippen molar-refractivity contribution in [2.45, 2.75) is 18.9 Å². The van der Waals surface area contributed by atoms with Crippen molar-refractivity contribution >= 4 is 21.7 Å². The standard InChI is InChI=1S/C21H23NO5S/c23-19(14-27-20(24)13-16-11-12-28(25,26)15-16)22-21(17-7-3-1-4-8-17)18-9-5-2-6-10-18/h1-10,16,21H,11-15H2,(H,22,23)/t16-/m1/s1. The molecule has 7 heteroatoms. The monoisotopic (exact) mass is 401 g/mol. The third kappa shape index (κ3) is 5.66. The summed E-state index contributed by atoms with van der Waals surface area (Å²) in [6, 6.07) is 18.7. The van der Waals surface area contributed by atoms with Gasteiger partial charge >= 0.3 is 5.97 Å². The third-order valence-corrected chi connectivity index (χ3v) is 6.55. The largest absolute Gasteiger partial charge is 0.456 e. The van der Waals surface area contributed by atoms with Gasteiger partial charge in [0.2, 0.25) is 0 Å². The molecule has 148 valence electrons. The Morgan fingerprint density at radius 2 is 1.57 bits per heavy atom. The third-order valence-electron chi connectivity index (χ3n) is 4.72. The lowest BCUT2D eigenvalue weighted by Gasteiger charge is -2.20. The minimum atomic E-state index is -3.04. The first kappa shape index (κ1) is 20.1. The van der Waals surface area contributed by atoms with Crippen LogP contribution in [0, 0.1) is 5.92 Å². The molecule has 28 heavy (non-hydrogen) atoms. The van der Waals surface area contributed by atoms with Gasteiger partial charge in [-0.1, -0.05) is 60.7 Å². The van der Waals surface area contributed by atoms with Gasteiger partial charge in [-0.25, -0.2) is 8.42 Å². The van der Waals surface area contributed by atoms with Gasteiger partial charge in [-0.05, 0) is 23.5 Å². The van der Waals surface area contributed by atoms with E-state index in [1.807, 2.05) is 60.7 Å². The minimum absolute atomic E-state index is 0.0123. The van der Waals surface area contributed by atoms with Crippen molar-refractivity contribution in [3.05, 3.63) is 71.8 Å². The number of amides is 1. The van der Waals surface area contributed by atoms with Gasteiger partial charge in [0.15, 0.2) is 16.4 Å². The fourth-order valence-electron chi connectivity index (χ4n) is 3.33. The molecule has 0 bridgehead atoms. The smallest absolute Gasteiger partial charge is 0.306 e. The second-order valence-electron chi connectivity index (χ2n) is 6.96. The highest BCUT2D eigenvalue weighted by Gasteiger charge is 2.30. The highest BCUT2D eigenvalue weighted by Crippen LogP contribution is 2.23. The van der Waals surface area contributed by atoms with Crippen molar-refractivity contribution < 1.29 is 22.7 Å². The maximum absolute atomic E-state index is 12.4. The van der Waals surface area contributed by atoms with Gasteiger partial charge in [0, 0.05) is 6.42 Å². The minimum Gasteiger partial charge on any atom is -0.456 e. The summed E-state index contributed by atoms with van der Waals surface area (Å²) in [4.78, 5) is 24.3. The van der Waals surface area contributed by atoms with Gasteiger partial charge in [-0.2, -0.15) is 0 Å². The van der Waals surface area contributed by atoms with Crippen molar-refractivity contribution in [2.75, 3.05) is 18.1 Å². The van der Waals surface area contributed by atoms with Crippen molar-refractivity contribution in [3.8, 4) is 0 Å². The molecule has 2 aromatic carbocycles. The first-order valence-electron chi connectivity index (χ1n) is 9.18. The van der Waals surface area contributed by atoms with E-state index in [1.54, 1.807) is 0 Å². The lowest BCUT2D eigenvalue weighted by molar-refractivity contribution is -0.149. The first-order chi connectivity index (χ1) is 13.4. The van der Waals surface area contributed by atoms with Crippen LogP contribution in [-0.2, 0) is 24.2 Å². The molecule has 1 amide bonds. The zero-order valence-electron chi connectivity index (χ0n) is 15.4. The first-order valence-corrected chi connectivity index (χ1v) is 11.0. The van der Waals surface area contributed by atoms with Crippen molar-refractivity contribution in [1.29, 1.82) is 0 Å². The van der Waals surface area contributed by atoms with Crippen LogP contribution >= 0.6 is 0 Å². The van der Waals surface area contributed by atoms with E-state index in [4.69, 9.17) is 4.74 Å². The van der Waals surface area contributed by atoms with E-state index >= 15 is 0 Å². The predicted molar refractivity (Wildman–Crippen MR) is 105 cm³/mol. The van der Waals surface area contributed by atoms with Crippen LogP contribution in [0.2, 0.25) is 0 Å². The van der Waals surface area contributed by atoms with Gasteiger partial charge in [0.05, 0.1) is 17.5 Å². The number of rotatable bonds is 7. The highest BCUT2D eigenvalue weighted by molar-refractivity contribution is 7.91. The number of hydrogen-bond acceptors (Lipinski definition) is 5. The maximum Gasteiger partial charge on any atom is 0.306 e. The molecule has 0 aromatic heterocycles. The summed E-state index contributed by atoms with van der Waals surface area (Å²) in [5, 5.41) is 2.90. The molecule has 0 aliphatic carbocycles. The molecular formula is C21H23NO5S. The van der Waals surface area contributed by atoms with Gasteiger partial charge < -0.3 is 10.1 Å². The van der Waals surface area contributed by atoms with E-state index in [0.29, 0.717) is 6.42 Å². The van der Waals surface area contributed by atoms with Gasteiger partial charge in [-0.15, -0.1) is 0 Å². The number of carbonyl (C=O) groups is 2. The molecule has 1 atom stereocenters. The van der Waals surface area contributed by atoms with Crippen LogP contribution in [0.1, 0.15) is 30.0 Å². The van der Waals surface area contributed by atoms with E-state index < -0.39 is 28.3 Å². The molecule has 1 aliphatic rings. The molecule has 1 N–H and O–H groups in total. The number of benzene rings is 2. The molecular weight excluding hydrogens is 378 g/mol. The predicted octanol–water partition coefficient (Wildman–Crippen LogP) is 2.26. The fraction of sp³-hybridized carbons (Fsp3) is 0.333. The normalized spacial score (nSPS) is 18.0. The molecule has 0 saturated carbocycles. The Labute approximate surface area is 164 Å². The summed E-state index contributed by atoms with van der Waals surface area (Å²) in [6.07, 6.45) is 0.487. The summed E-state index contributed by atoms with van der Waals surface area (Å²) in [6.45, 7) is -0.394. The quantitative estimate of drug-likeness (QED) is 0.719. The summed E-state index contributed by atoms with van der Waals surface area (Å²) in [7, 11) is -3.04. The number of nitrogens with one attached hydrogen (secondary N) is 1. The van der Waals surface area contributed by atoms with Crippen molar-refractivity contribution in [3.63, 3.8) is 0 Å². The zero-order chi connectivity index (χ0) is 20.0. The average molecular weight is 401 g/mol. The number of hydrogen-bond donors (Lipinski definition) is 1. The Morgan fingerprint density at radius 1 is 1.00 bits per heavy atom.